The third-order valence-electron chi connectivity index (χ3n) is 2.56. The van der Waals surface area contributed by atoms with E-state index < -0.39 is 17.5 Å². The quantitative estimate of drug-likeness (QED) is 0.480. The van der Waals surface area contributed by atoms with Crippen LogP contribution < -0.4 is 16.6 Å². The fourth-order valence-corrected chi connectivity index (χ4v) is 1.15. The first-order chi connectivity index (χ1) is 8.68. The number of halogens is 3. The zero-order valence-electron chi connectivity index (χ0n) is 10.5. The molecule has 0 aliphatic heterocycles. The molecule has 1 rings (SSSR count). The number of rotatable bonds is 5. The van der Waals surface area contributed by atoms with Gasteiger partial charge in [0.1, 0.15) is 5.82 Å². The van der Waals surface area contributed by atoms with Crippen LogP contribution in [-0.2, 0) is 6.18 Å². The van der Waals surface area contributed by atoms with Gasteiger partial charge in [-0.1, -0.05) is 6.92 Å². The second kappa shape index (κ2) is 5.57. The van der Waals surface area contributed by atoms with Crippen LogP contribution in [0.2, 0.25) is 0 Å². The SMILES string of the molecule is CCC(C)(O)CNc1cc(C(F)(F)F)nc(NN)n1. The lowest BCUT2D eigenvalue weighted by Gasteiger charge is -2.22. The molecule has 1 atom stereocenters. The highest BCUT2D eigenvalue weighted by molar-refractivity contribution is 5.42. The van der Waals surface area contributed by atoms with Crippen molar-refractivity contribution in [2.75, 3.05) is 17.3 Å². The summed E-state index contributed by atoms with van der Waals surface area (Å²) in [5.74, 6) is 4.60. The maximum absolute atomic E-state index is 12.6. The van der Waals surface area contributed by atoms with Gasteiger partial charge in [-0.25, -0.2) is 10.8 Å². The third-order valence-corrected chi connectivity index (χ3v) is 2.56. The van der Waals surface area contributed by atoms with Gasteiger partial charge in [-0.15, -0.1) is 0 Å². The van der Waals surface area contributed by atoms with Crippen molar-refractivity contribution in [3.8, 4) is 0 Å². The van der Waals surface area contributed by atoms with Gasteiger partial charge >= 0.3 is 6.18 Å². The number of aromatic nitrogens is 2. The first-order valence-electron chi connectivity index (χ1n) is 5.57. The lowest BCUT2D eigenvalue weighted by molar-refractivity contribution is -0.141. The average molecular weight is 279 g/mol. The van der Waals surface area contributed by atoms with E-state index >= 15 is 0 Å². The Balaban J connectivity index is 2.95. The molecular weight excluding hydrogens is 263 g/mol. The van der Waals surface area contributed by atoms with E-state index in [2.05, 4.69) is 15.3 Å². The number of hydrogen-bond donors (Lipinski definition) is 4. The summed E-state index contributed by atoms with van der Waals surface area (Å²) in [5, 5.41) is 12.4. The first-order valence-corrected chi connectivity index (χ1v) is 5.57. The molecule has 0 saturated heterocycles. The summed E-state index contributed by atoms with van der Waals surface area (Å²) in [6, 6.07) is 0.757. The summed E-state index contributed by atoms with van der Waals surface area (Å²) < 4.78 is 37.8. The normalized spacial score (nSPS) is 14.9. The molecule has 1 aromatic rings. The zero-order chi connectivity index (χ0) is 14.7. The van der Waals surface area contributed by atoms with Crippen LogP contribution in [0.15, 0.2) is 6.07 Å². The van der Waals surface area contributed by atoms with Gasteiger partial charge in [0.2, 0.25) is 5.95 Å². The molecule has 0 saturated carbocycles. The van der Waals surface area contributed by atoms with Gasteiger partial charge in [-0.2, -0.15) is 18.2 Å². The molecule has 0 radical (unpaired) electrons. The van der Waals surface area contributed by atoms with Crippen LogP contribution in [0.5, 0.6) is 0 Å². The molecule has 1 unspecified atom stereocenters. The van der Waals surface area contributed by atoms with Crippen LogP contribution in [0.1, 0.15) is 26.0 Å². The van der Waals surface area contributed by atoms with E-state index in [1.807, 2.05) is 5.43 Å². The predicted octanol–water partition coefficient (Wildman–Crippen LogP) is 1.35. The summed E-state index contributed by atoms with van der Waals surface area (Å²) in [6.07, 6.45) is -4.16. The molecule has 0 aromatic carbocycles. The number of anilines is 2. The van der Waals surface area contributed by atoms with Crippen molar-refractivity contribution in [2.45, 2.75) is 32.0 Å². The van der Waals surface area contributed by atoms with E-state index in [4.69, 9.17) is 5.84 Å². The molecular formula is C10H16F3N5O. The lowest BCUT2D eigenvalue weighted by atomic mass is 10.0. The molecule has 0 amide bonds. The van der Waals surface area contributed by atoms with Gasteiger partial charge in [0.15, 0.2) is 5.69 Å². The molecule has 5 N–H and O–H groups in total. The van der Waals surface area contributed by atoms with Crippen LogP contribution in [0.4, 0.5) is 24.9 Å². The minimum Gasteiger partial charge on any atom is -0.388 e. The van der Waals surface area contributed by atoms with Crippen molar-refractivity contribution in [2.24, 2.45) is 5.84 Å². The third kappa shape index (κ3) is 4.52. The minimum atomic E-state index is -4.60. The van der Waals surface area contributed by atoms with E-state index in [0.717, 1.165) is 6.07 Å². The van der Waals surface area contributed by atoms with Crippen molar-refractivity contribution < 1.29 is 18.3 Å². The molecule has 0 bridgehead atoms. The maximum Gasteiger partial charge on any atom is 0.433 e. The molecule has 9 heteroatoms. The molecule has 0 fully saturated rings. The van der Waals surface area contributed by atoms with Crippen LogP contribution in [0.3, 0.4) is 0 Å². The second-order valence-electron chi connectivity index (χ2n) is 4.31. The van der Waals surface area contributed by atoms with Gasteiger partial charge in [0.05, 0.1) is 5.60 Å². The molecule has 1 heterocycles. The minimum absolute atomic E-state index is 0.0574. The predicted molar refractivity (Wildman–Crippen MR) is 64.2 cm³/mol. The summed E-state index contributed by atoms with van der Waals surface area (Å²) >= 11 is 0. The van der Waals surface area contributed by atoms with Crippen LogP contribution in [0, 0.1) is 0 Å². The number of nitrogens with zero attached hydrogens (tertiary/aromatic N) is 2. The molecule has 6 nitrogen and oxygen atoms in total. The fraction of sp³-hybridized carbons (Fsp3) is 0.600. The van der Waals surface area contributed by atoms with E-state index in [1.54, 1.807) is 13.8 Å². The topological polar surface area (TPSA) is 96.1 Å². The molecule has 1 aromatic heterocycles. The van der Waals surface area contributed by atoms with Gasteiger partial charge in [0.25, 0.3) is 0 Å². The highest BCUT2D eigenvalue weighted by Gasteiger charge is 2.33. The Morgan fingerprint density at radius 2 is 2.00 bits per heavy atom. The van der Waals surface area contributed by atoms with Gasteiger partial charge in [0, 0.05) is 12.6 Å². The van der Waals surface area contributed by atoms with Gasteiger partial charge < -0.3 is 10.4 Å². The highest BCUT2D eigenvalue weighted by Crippen LogP contribution is 2.29. The maximum atomic E-state index is 12.6. The monoisotopic (exact) mass is 279 g/mol. The van der Waals surface area contributed by atoms with Crippen molar-refractivity contribution >= 4 is 11.8 Å². The highest BCUT2D eigenvalue weighted by atomic mass is 19.4. The summed E-state index contributed by atoms with van der Waals surface area (Å²) in [6.45, 7) is 3.38. The van der Waals surface area contributed by atoms with E-state index in [-0.39, 0.29) is 18.3 Å². The van der Waals surface area contributed by atoms with E-state index in [1.165, 1.54) is 0 Å². The molecule has 108 valence electrons. The molecule has 19 heavy (non-hydrogen) atoms. The Kier molecular flexibility index (Phi) is 4.53. The van der Waals surface area contributed by atoms with Crippen LogP contribution >= 0.6 is 0 Å². The number of nitrogen functional groups attached to an aromatic ring is 1. The Morgan fingerprint density at radius 1 is 1.37 bits per heavy atom. The lowest BCUT2D eigenvalue weighted by Crippen LogP contribution is -2.32. The molecule has 0 spiro atoms. The Labute approximate surface area is 108 Å². The number of hydrazine groups is 1. The standard InChI is InChI=1S/C10H16F3N5O/c1-3-9(2,19)5-15-7-4-6(10(11,12)13)16-8(17-7)18-14/h4,19H,3,5,14H2,1-2H3,(H2,15,16,17,18). The van der Waals surface area contributed by atoms with Crippen molar-refractivity contribution in [1.29, 1.82) is 0 Å². The van der Waals surface area contributed by atoms with Crippen LogP contribution in [0.25, 0.3) is 0 Å². The Hall–Kier alpha value is -1.61. The Morgan fingerprint density at radius 3 is 2.47 bits per heavy atom. The number of nitrogens with two attached hydrogens (primary N) is 1. The molecule has 0 aliphatic carbocycles. The number of alkyl halides is 3. The smallest absolute Gasteiger partial charge is 0.388 e. The summed E-state index contributed by atoms with van der Waals surface area (Å²) in [7, 11) is 0. The summed E-state index contributed by atoms with van der Waals surface area (Å²) in [4.78, 5) is 6.95. The number of hydrogen-bond acceptors (Lipinski definition) is 6. The fourth-order valence-electron chi connectivity index (χ4n) is 1.15. The number of nitrogens with one attached hydrogen (secondary N) is 2. The Bertz CT molecular complexity index is 436. The average Bonchev–Trinajstić information content (AvgIpc) is 2.35. The first kappa shape index (κ1) is 15.4. The summed E-state index contributed by atoms with van der Waals surface area (Å²) in [5.41, 5.74) is -0.192. The van der Waals surface area contributed by atoms with E-state index in [0.29, 0.717) is 6.42 Å². The van der Waals surface area contributed by atoms with Crippen molar-refractivity contribution in [3.63, 3.8) is 0 Å². The van der Waals surface area contributed by atoms with Crippen molar-refractivity contribution in [1.82, 2.24) is 9.97 Å². The number of aliphatic hydroxyl groups is 1. The van der Waals surface area contributed by atoms with Gasteiger partial charge in [-0.3, -0.25) is 5.43 Å². The second-order valence-corrected chi connectivity index (χ2v) is 4.31. The largest absolute Gasteiger partial charge is 0.433 e. The van der Waals surface area contributed by atoms with Crippen molar-refractivity contribution in [3.05, 3.63) is 11.8 Å². The molecule has 0 aliphatic rings. The van der Waals surface area contributed by atoms with Crippen LogP contribution in [-0.4, -0.2) is 27.2 Å². The zero-order valence-corrected chi connectivity index (χ0v) is 10.5. The van der Waals surface area contributed by atoms with Gasteiger partial charge in [-0.05, 0) is 13.3 Å². The van der Waals surface area contributed by atoms with E-state index in [9.17, 15) is 18.3 Å².